The van der Waals surface area contributed by atoms with Crippen molar-refractivity contribution in [3.8, 4) is 11.5 Å². The van der Waals surface area contributed by atoms with Gasteiger partial charge in [0.1, 0.15) is 29.5 Å². The zero-order valence-electron chi connectivity index (χ0n) is 20.2. The van der Waals surface area contributed by atoms with Crippen LogP contribution < -0.4 is 9.47 Å². The molecule has 3 rings (SSSR count). The van der Waals surface area contributed by atoms with Crippen LogP contribution in [0.15, 0.2) is 48.5 Å². The maximum Gasteiger partial charge on any atom is 0.184 e. The number of hydrogen-bond donors (Lipinski definition) is 0. The van der Waals surface area contributed by atoms with E-state index in [0.717, 1.165) is 22.6 Å². The summed E-state index contributed by atoms with van der Waals surface area (Å²) in [5.41, 5.74) is 1.01. The highest BCUT2D eigenvalue weighted by molar-refractivity contribution is 5.82. The minimum absolute atomic E-state index is 0.00757. The summed E-state index contributed by atoms with van der Waals surface area (Å²) in [5, 5.41) is 0. The van der Waals surface area contributed by atoms with E-state index in [1.54, 1.807) is 28.3 Å². The first kappa shape index (κ1) is 25.2. The van der Waals surface area contributed by atoms with Crippen LogP contribution in [0.3, 0.4) is 0 Å². The molecule has 180 valence electrons. The number of hydrogen-bond acceptors (Lipinski definition) is 7. The van der Waals surface area contributed by atoms with E-state index in [1.807, 2.05) is 62.4 Å². The van der Waals surface area contributed by atoms with Crippen LogP contribution in [0.5, 0.6) is 11.5 Å². The SMILES string of the molecule is COc1ccc(CO[C@@H]([C@@H]2OC(c3ccc(OC)cc3)OC[C@@H]2OC)C(C)(C)C(C)=O)cc1. The van der Waals surface area contributed by atoms with E-state index in [4.69, 9.17) is 28.4 Å². The zero-order chi connectivity index (χ0) is 24.0. The largest absolute Gasteiger partial charge is 0.497 e. The quantitative estimate of drug-likeness (QED) is 0.525. The number of ether oxygens (including phenoxy) is 6. The Bertz CT molecular complexity index is 892. The second-order valence-corrected chi connectivity index (χ2v) is 8.67. The van der Waals surface area contributed by atoms with Gasteiger partial charge in [-0.1, -0.05) is 38.1 Å². The van der Waals surface area contributed by atoms with Gasteiger partial charge in [-0.05, 0) is 36.8 Å². The lowest BCUT2D eigenvalue weighted by molar-refractivity contribution is -0.293. The summed E-state index contributed by atoms with van der Waals surface area (Å²) in [6.07, 6.45) is -2.08. The first-order valence-electron chi connectivity index (χ1n) is 11.0. The Hall–Kier alpha value is -2.45. The lowest BCUT2D eigenvalue weighted by Gasteiger charge is -2.44. The molecule has 0 aliphatic carbocycles. The molecule has 4 atom stereocenters. The average Bonchev–Trinajstić information content (AvgIpc) is 2.84. The van der Waals surface area contributed by atoms with Gasteiger partial charge < -0.3 is 28.4 Å². The molecule has 0 saturated carbocycles. The molecule has 1 unspecified atom stereocenters. The molecule has 7 nitrogen and oxygen atoms in total. The second-order valence-electron chi connectivity index (χ2n) is 8.67. The Morgan fingerprint density at radius 3 is 2.09 bits per heavy atom. The predicted molar refractivity (Wildman–Crippen MR) is 123 cm³/mol. The summed E-state index contributed by atoms with van der Waals surface area (Å²) in [6.45, 7) is 5.96. The number of ketones is 1. The highest BCUT2D eigenvalue weighted by Crippen LogP contribution is 2.37. The number of benzene rings is 2. The summed E-state index contributed by atoms with van der Waals surface area (Å²) in [4.78, 5) is 12.6. The summed E-state index contributed by atoms with van der Waals surface area (Å²) in [7, 11) is 4.86. The molecule has 0 radical (unpaired) electrons. The monoisotopic (exact) mass is 458 g/mol. The molecule has 33 heavy (non-hydrogen) atoms. The minimum Gasteiger partial charge on any atom is -0.497 e. The van der Waals surface area contributed by atoms with Crippen molar-refractivity contribution >= 4 is 5.78 Å². The van der Waals surface area contributed by atoms with Crippen LogP contribution in [-0.4, -0.2) is 52.0 Å². The molecule has 7 heteroatoms. The third-order valence-corrected chi connectivity index (χ3v) is 6.26. The van der Waals surface area contributed by atoms with Crippen LogP contribution in [0.1, 0.15) is 38.2 Å². The predicted octanol–water partition coefficient (Wildman–Crippen LogP) is 4.33. The van der Waals surface area contributed by atoms with Gasteiger partial charge in [0.15, 0.2) is 6.29 Å². The molecular formula is C26H34O7. The van der Waals surface area contributed by atoms with E-state index in [2.05, 4.69) is 0 Å². The van der Waals surface area contributed by atoms with E-state index >= 15 is 0 Å². The smallest absolute Gasteiger partial charge is 0.184 e. The van der Waals surface area contributed by atoms with Crippen LogP contribution in [0.2, 0.25) is 0 Å². The maximum absolute atomic E-state index is 12.6. The van der Waals surface area contributed by atoms with Crippen LogP contribution in [0, 0.1) is 5.41 Å². The van der Waals surface area contributed by atoms with Crippen molar-refractivity contribution in [1.82, 2.24) is 0 Å². The second kappa shape index (κ2) is 11.1. The van der Waals surface area contributed by atoms with E-state index in [-0.39, 0.29) is 11.9 Å². The van der Waals surface area contributed by atoms with Crippen molar-refractivity contribution < 1.29 is 33.2 Å². The minimum atomic E-state index is -0.810. The number of methoxy groups -OCH3 is 3. The molecule has 0 aromatic heterocycles. The molecule has 2 aromatic rings. The first-order valence-corrected chi connectivity index (χ1v) is 11.0. The molecule has 1 fully saturated rings. The van der Waals surface area contributed by atoms with E-state index < -0.39 is 23.9 Å². The zero-order valence-corrected chi connectivity index (χ0v) is 20.2. The standard InChI is InChI=1S/C26H34O7/c1-17(27)26(2,3)24(31-15-18-7-11-20(28-4)12-8-18)23-22(30-6)16-32-25(33-23)19-9-13-21(29-5)14-10-19/h7-14,22-25H,15-16H2,1-6H3/t22-,23+,24-,25?/m0/s1. The maximum atomic E-state index is 12.6. The Labute approximate surface area is 195 Å². The van der Waals surface area contributed by atoms with Crippen LogP contribution in [0.4, 0.5) is 0 Å². The van der Waals surface area contributed by atoms with Gasteiger partial charge in [0.05, 0.1) is 39.0 Å². The normalized spacial score (nSPS) is 21.9. The molecular weight excluding hydrogens is 424 g/mol. The number of carbonyl (C=O) groups is 1. The van der Waals surface area contributed by atoms with E-state index in [0.29, 0.717) is 13.2 Å². The van der Waals surface area contributed by atoms with Crippen molar-refractivity contribution in [2.75, 3.05) is 27.9 Å². The topological polar surface area (TPSA) is 72.5 Å². The van der Waals surface area contributed by atoms with Gasteiger partial charge in [-0.2, -0.15) is 0 Å². The van der Waals surface area contributed by atoms with Crippen molar-refractivity contribution in [3.05, 3.63) is 59.7 Å². The van der Waals surface area contributed by atoms with Crippen molar-refractivity contribution in [2.45, 2.75) is 52.0 Å². The lowest BCUT2D eigenvalue weighted by Crippen LogP contribution is -2.55. The molecule has 1 saturated heterocycles. The van der Waals surface area contributed by atoms with Gasteiger partial charge in [-0.15, -0.1) is 0 Å². The summed E-state index contributed by atoms with van der Waals surface area (Å²) < 4.78 is 34.9. The van der Waals surface area contributed by atoms with Crippen molar-refractivity contribution in [2.24, 2.45) is 5.41 Å². The van der Waals surface area contributed by atoms with E-state index in [9.17, 15) is 4.79 Å². The van der Waals surface area contributed by atoms with Crippen LogP contribution in [0.25, 0.3) is 0 Å². The number of rotatable bonds is 10. The van der Waals surface area contributed by atoms with Gasteiger partial charge in [-0.3, -0.25) is 4.79 Å². The van der Waals surface area contributed by atoms with Crippen molar-refractivity contribution in [3.63, 3.8) is 0 Å². The van der Waals surface area contributed by atoms with Crippen LogP contribution in [-0.2, 0) is 30.3 Å². The van der Waals surface area contributed by atoms with Gasteiger partial charge in [0.25, 0.3) is 0 Å². The highest BCUT2D eigenvalue weighted by Gasteiger charge is 2.47. The Balaban J connectivity index is 1.85. The Morgan fingerprint density at radius 2 is 1.58 bits per heavy atom. The molecule has 0 amide bonds. The number of carbonyl (C=O) groups excluding carboxylic acids is 1. The molecule has 1 aliphatic rings. The van der Waals surface area contributed by atoms with Crippen molar-refractivity contribution in [1.29, 1.82) is 0 Å². The van der Waals surface area contributed by atoms with E-state index in [1.165, 1.54) is 0 Å². The lowest BCUT2D eigenvalue weighted by atomic mass is 9.78. The van der Waals surface area contributed by atoms with Gasteiger partial charge >= 0.3 is 0 Å². The Kier molecular flexibility index (Phi) is 8.48. The molecule has 0 bridgehead atoms. The molecule has 1 aliphatic heterocycles. The molecule has 0 N–H and O–H groups in total. The molecule has 0 spiro atoms. The summed E-state index contributed by atoms with van der Waals surface area (Å²) >= 11 is 0. The first-order chi connectivity index (χ1) is 15.8. The third-order valence-electron chi connectivity index (χ3n) is 6.26. The fraction of sp³-hybridized carbons (Fsp3) is 0.500. The Morgan fingerprint density at radius 1 is 1.00 bits per heavy atom. The fourth-order valence-corrected chi connectivity index (χ4v) is 3.77. The van der Waals surface area contributed by atoms with Gasteiger partial charge in [-0.25, -0.2) is 0 Å². The van der Waals surface area contributed by atoms with Gasteiger partial charge in [0, 0.05) is 12.7 Å². The molecule has 1 heterocycles. The highest BCUT2D eigenvalue weighted by atomic mass is 16.7. The third kappa shape index (κ3) is 5.92. The fourth-order valence-electron chi connectivity index (χ4n) is 3.77. The average molecular weight is 459 g/mol. The van der Waals surface area contributed by atoms with Gasteiger partial charge in [0.2, 0.25) is 0 Å². The number of Topliss-reactive ketones (excluding diaryl/α,β-unsaturated/α-hetero) is 1. The summed E-state index contributed by atoms with van der Waals surface area (Å²) in [6, 6.07) is 15.2. The van der Waals surface area contributed by atoms with Crippen LogP contribution >= 0.6 is 0 Å². The summed E-state index contributed by atoms with van der Waals surface area (Å²) in [5.74, 6) is 1.53. The molecule has 2 aromatic carbocycles.